The van der Waals surface area contributed by atoms with Gasteiger partial charge in [0, 0.05) is 13.7 Å². The molecule has 0 radical (unpaired) electrons. The minimum Gasteiger partial charge on any atom is -0.450 e. The van der Waals surface area contributed by atoms with Gasteiger partial charge in [0.2, 0.25) is 0 Å². The molecule has 0 bridgehead atoms. The Hall–Kier alpha value is -0.850. The molecular formula is C8H18O6. The number of carboxylic acid groups (broad SMARTS) is 2. The molecule has 0 amide bonds. The van der Waals surface area contributed by atoms with E-state index in [1.165, 1.54) is 0 Å². The Balaban J connectivity index is 0. The van der Waals surface area contributed by atoms with Crippen molar-refractivity contribution < 1.29 is 29.2 Å². The highest BCUT2D eigenvalue weighted by molar-refractivity contribution is 5.53. The average molecular weight is 210 g/mol. The van der Waals surface area contributed by atoms with Crippen molar-refractivity contribution in [3.63, 3.8) is 0 Å². The van der Waals surface area contributed by atoms with Crippen molar-refractivity contribution >= 4 is 6.16 Å². The van der Waals surface area contributed by atoms with Gasteiger partial charge in [0.25, 0.3) is 0 Å². The lowest BCUT2D eigenvalue weighted by Gasteiger charge is -2.02. The number of methoxy groups -OCH3 is 1. The Morgan fingerprint density at radius 2 is 1.50 bits per heavy atom. The fraction of sp³-hybridized carbons (Fsp3) is 0.875. The summed E-state index contributed by atoms with van der Waals surface area (Å²) in [5.41, 5.74) is 0. The van der Waals surface area contributed by atoms with E-state index in [9.17, 15) is 0 Å². The SMILES string of the molecule is CCOCCOCCOC.O=C(O)O. The molecule has 0 aliphatic heterocycles. The van der Waals surface area contributed by atoms with Crippen LogP contribution in [-0.2, 0) is 14.2 Å². The number of carbonyl (C=O) groups is 1. The van der Waals surface area contributed by atoms with Gasteiger partial charge >= 0.3 is 6.16 Å². The maximum atomic E-state index is 8.56. The molecule has 0 aliphatic carbocycles. The number of hydrogen-bond donors (Lipinski definition) is 2. The van der Waals surface area contributed by atoms with Crippen molar-refractivity contribution in [1.29, 1.82) is 0 Å². The topological polar surface area (TPSA) is 85.2 Å². The van der Waals surface area contributed by atoms with Crippen molar-refractivity contribution in [2.75, 3.05) is 40.1 Å². The van der Waals surface area contributed by atoms with Crippen LogP contribution >= 0.6 is 0 Å². The first kappa shape index (κ1) is 15.6. The predicted molar refractivity (Wildman–Crippen MR) is 49.8 cm³/mol. The van der Waals surface area contributed by atoms with E-state index in [0.717, 1.165) is 6.61 Å². The Labute approximate surface area is 83.4 Å². The Kier molecular flexibility index (Phi) is 16.4. The van der Waals surface area contributed by atoms with Gasteiger partial charge in [0.15, 0.2) is 0 Å². The van der Waals surface area contributed by atoms with Crippen molar-refractivity contribution in [2.45, 2.75) is 6.92 Å². The van der Waals surface area contributed by atoms with Crippen LogP contribution in [-0.4, -0.2) is 56.5 Å². The largest absolute Gasteiger partial charge is 0.503 e. The standard InChI is InChI=1S/C7H16O3.CH2O3/c1-3-9-6-7-10-5-4-8-2;2-1(3)4/h3-7H2,1-2H3;(H2,2,3,4). The molecule has 0 atom stereocenters. The molecule has 0 unspecified atom stereocenters. The van der Waals surface area contributed by atoms with Gasteiger partial charge in [-0.3, -0.25) is 0 Å². The molecule has 0 aromatic rings. The highest BCUT2D eigenvalue weighted by Crippen LogP contribution is 1.77. The summed E-state index contributed by atoms with van der Waals surface area (Å²) < 4.78 is 15.0. The summed E-state index contributed by atoms with van der Waals surface area (Å²) in [6.07, 6.45) is -1.83. The Bertz CT molecular complexity index is 104. The van der Waals surface area contributed by atoms with E-state index in [2.05, 4.69) is 0 Å². The first-order chi connectivity index (χ1) is 6.65. The van der Waals surface area contributed by atoms with Crippen LogP contribution in [0.15, 0.2) is 0 Å². The van der Waals surface area contributed by atoms with Gasteiger partial charge in [-0.1, -0.05) is 0 Å². The quantitative estimate of drug-likeness (QED) is 0.607. The van der Waals surface area contributed by atoms with Gasteiger partial charge in [-0.15, -0.1) is 0 Å². The lowest BCUT2D eigenvalue weighted by molar-refractivity contribution is 0.0280. The van der Waals surface area contributed by atoms with Crippen LogP contribution in [0.25, 0.3) is 0 Å². The lowest BCUT2D eigenvalue weighted by atomic mass is 10.7. The van der Waals surface area contributed by atoms with Gasteiger partial charge in [-0.25, -0.2) is 4.79 Å². The molecule has 0 spiro atoms. The smallest absolute Gasteiger partial charge is 0.450 e. The molecule has 6 nitrogen and oxygen atoms in total. The molecular weight excluding hydrogens is 192 g/mol. The van der Waals surface area contributed by atoms with Gasteiger partial charge < -0.3 is 24.4 Å². The minimum absolute atomic E-state index is 0.656. The fourth-order valence-corrected chi connectivity index (χ4v) is 0.507. The Morgan fingerprint density at radius 1 is 1.07 bits per heavy atom. The molecule has 2 N–H and O–H groups in total. The third kappa shape index (κ3) is 30.4. The second-order valence-corrected chi connectivity index (χ2v) is 2.08. The molecule has 6 heteroatoms. The zero-order valence-corrected chi connectivity index (χ0v) is 8.56. The van der Waals surface area contributed by atoms with Gasteiger partial charge in [-0.05, 0) is 6.92 Å². The first-order valence-corrected chi connectivity index (χ1v) is 4.21. The molecule has 0 aromatic heterocycles. The molecule has 14 heavy (non-hydrogen) atoms. The summed E-state index contributed by atoms with van der Waals surface area (Å²) in [5.74, 6) is 0. The van der Waals surface area contributed by atoms with Crippen LogP contribution in [0, 0.1) is 0 Å². The highest BCUT2D eigenvalue weighted by atomic mass is 16.6. The molecule has 0 heterocycles. The predicted octanol–water partition coefficient (Wildman–Crippen LogP) is 0.908. The van der Waals surface area contributed by atoms with E-state index in [1.807, 2.05) is 6.92 Å². The summed E-state index contributed by atoms with van der Waals surface area (Å²) >= 11 is 0. The van der Waals surface area contributed by atoms with E-state index in [1.54, 1.807) is 7.11 Å². The van der Waals surface area contributed by atoms with Gasteiger partial charge in [-0.2, -0.15) is 0 Å². The van der Waals surface area contributed by atoms with E-state index < -0.39 is 6.16 Å². The summed E-state index contributed by atoms with van der Waals surface area (Å²) in [6.45, 7) is 5.38. The van der Waals surface area contributed by atoms with E-state index >= 15 is 0 Å². The molecule has 0 saturated heterocycles. The second-order valence-electron chi connectivity index (χ2n) is 2.08. The van der Waals surface area contributed by atoms with Crippen LogP contribution in [0.1, 0.15) is 6.92 Å². The zero-order valence-electron chi connectivity index (χ0n) is 8.56. The molecule has 0 aliphatic rings. The maximum absolute atomic E-state index is 8.56. The van der Waals surface area contributed by atoms with E-state index in [-0.39, 0.29) is 0 Å². The average Bonchev–Trinajstić information content (AvgIpc) is 2.10. The van der Waals surface area contributed by atoms with Crippen LogP contribution in [0.5, 0.6) is 0 Å². The van der Waals surface area contributed by atoms with Crippen molar-refractivity contribution in [3.8, 4) is 0 Å². The fourth-order valence-electron chi connectivity index (χ4n) is 0.507. The van der Waals surface area contributed by atoms with E-state index in [0.29, 0.717) is 26.4 Å². The Morgan fingerprint density at radius 3 is 1.93 bits per heavy atom. The highest BCUT2D eigenvalue weighted by Gasteiger charge is 1.86. The zero-order chi connectivity index (χ0) is 11.2. The summed E-state index contributed by atoms with van der Waals surface area (Å²) in [7, 11) is 1.66. The second kappa shape index (κ2) is 14.7. The van der Waals surface area contributed by atoms with Crippen molar-refractivity contribution in [1.82, 2.24) is 0 Å². The number of ether oxygens (including phenoxy) is 3. The summed E-state index contributed by atoms with van der Waals surface area (Å²) in [6, 6.07) is 0. The van der Waals surface area contributed by atoms with Crippen molar-refractivity contribution in [3.05, 3.63) is 0 Å². The van der Waals surface area contributed by atoms with Gasteiger partial charge in [0.05, 0.1) is 26.4 Å². The monoisotopic (exact) mass is 210 g/mol. The normalized spacial score (nSPS) is 9.00. The van der Waals surface area contributed by atoms with Crippen LogP contribution in [0.3, 0.4) is 0 Å². The van der Waals surface area contributed by atoms with Gasteiger partial charge in [0.1, 0.15) is 0 Å². The molecule has 0 aromatic carbocycles. The first-order valence-electron chi connectivity index (χ1n) is 4.21. The molecule has 0 saturated carbocycles. The molecule has 0 rings (SSSR count). The number of hydrogen-bond acceptors (Lipinski definition) is 4. The van der Waals surface area contributed by atoms with Crippen LogP contribution in [0.2, 0.25) is 0 Å². The molecule has 0 fully saturated rings. The molecule has 86 valence electrons. The third-order valence-corrected chi connectivity index (χ3v) is 1.01. The third-order valence-electron chi connectivity index (χ3n) is 1.01. The number of rotatable bonds is 7. The van der Waals surface area contributed by atoms with E-state index in [4.69, 9.17) is 29.2 Å². The van der Waals surface area contributed by atoms with Crippen LogP contribution in [0.4, 0.5) is 4.79 Å². The lowest BCUT2D eigenvalue weighted by Crippen LogP contribution is -2.07. The maximum Gasteiger partial charge on any atom is 0.503 e. The summed E-state index contributed by atoms with van der Waals surface area (Å²) in [4.78, 5) is 8.56. The summed E-state index contributed by atoms with van der Waals surface area (Å²) in [5, 5.41) is 13.9. The van der Waals surface area contributed by atoms with Crippen LogP contribution < -0.4 is 0 Å². The minimum atomic E-state index is -1.83. The van der Waals surface area contributed by atoms with Crippen molar-refractivity contribution in [2.24, 2.45) is 0 Å².